The van der Waals surface area contributed by atoms with Gasteiger partial charge in [-0.15, -0.1) is 0 Å². The molecule has 0 aromatic rings. The summed E-state index contributed by atoms with van der Waals surface area (Å²) in [5.41, 5.74) is 11.4. The SMILES string of the molecule is CSCC[C@H](NC(=O)[C@H](CN)NC(=O)[C@H](CO)NC(=O)CCNC(=O)CCN1C(=O)C=CC1=O)C(=O)N[C@@H](CSC(C)(C)C)C(=O)N[C@@H](CO)C(=O)N[C@@H](CCCCN)C(=O)C(=O)CCN1C(=O)C=CC1=O. The first kappa shape index (κ1) is 62.0. The Morgan fingerprint density at radius 2 is 1.04 bits per heavy atom. The summed E-state index contributed by atoms with van der Waals surface area (Å²) in [6.45, 7) is 2.56. The highest BCUT2D eigenvalue weighted by Gasteiger charge is 2.35. The average Bonchev–Trinajstić information content (AvgIpc) is 3.84. The van der Waals surface area contributed by atoms with Crippen LogP contribution in [0.3, 0.4) is 0 Å². The van der Waals surface area contributed by atoms with Crippen molar-refractivity contribution in [3.05, 3.63) is 24.3 Å². The summed E-state index contributed by atoms with van der Waals surface area (Å²) in [4.78, 5) is 168. The Bertz CT molecular complexity index is 2050. The minimum Gasteiger partial charge on any atom is -0.394 e. The topological polar surface area (TPSA) is 405 Å². The van der Waals surface area contributed by atoms with Gasteiger partial charge in [-0.2, -0.15) is 23.5 Å². The Kier molecular flexibility index (Phi) is 27.1. The lowest BCUT2D eigenvalue weighted by Crippen LogP contribution is -2.61. The van der Waals surface area contributed by atoms with Gasteiger partial charge in [-0.3, -0.25) is 72.1 Å². The summed E-state index contributed by atoms with van der Waals surface area (Å²) in [6, 6.07) is -8.96. The zero-order valence-electron chi connectivity index (χ0n) is 40.7. The van der Waals surface area contributed by atoms with Crippen LogP contribution in [0.25, 0.3) is 0 Å². The summed E-state index contributed by atoms with van der Waals surface area (Å²) in [6.07, 6.45) is 5.47. The third-order valence-corrected chi connectivity index (χ3v) is 12.5. The van der Waals surface area contributed by atoms with Gasteiger partial charge in [0.15, 0.2) is 0 Å². The second-order valence-corrected chi connectivity index (χ2v) is 20.1. The van der Waals surface area contributed by atoms with E-state index in [-0.39, 0.29) is 64.0 Å². The quantitative estimate of drug-likeness (QED) is 0.0163. The molecule has 0 aromatic carbocycles. The summed E-state index contributed by atoms with van der Waals surface area (Å²) < 4.78 is -0.467. The number of nitrogens with one attached hydrogen (secondary N) is 7. The number of hydrogen-bond acceptors (Lipinski definition) is 19. The average molecular weight is 1050 g/mol. The van der Waals surface area contributed by atoms with Crippen LogP contribution in [-0.2, 0) is 62.3 Å². The van der Waals surface area contributed by atoms with E-state index in [1.165, 1.54) is 23.5 Å². The van der Waals surface area contributed by atoms with Crippen molar-refractivity contribution < 1.29 is 72.5 Å². The molecule has 0 fully saturated rings. The lowest BCUT2D eigenvalue weighted by Gasteiger charge is -2.28. The van der Waals surface area contributed by atoms with E-state index < -0.39 is 144 Å². The number of imide groups is 2. The highest BCUT2D eigenvalue weighted by Crippen LogP contribution is 2.24. The number of ketones is 2. The van der Waals surface area contributed by atoms with Crippen molar-refractivity contribution in [3.8, 4) is 0 Å². The molecule has 72 heavy (non-hydrogen) atoms. The van der Waals surface area contributed by atoms with Crippen molar-refractivity contribution in [1.29, 1.82) is 0 Å². The van der Waals surface area contributed by atoms with Gasteiger partial charge < -0.3 is 58.9 Å². The molecule has 26 nitrogen and oxygen atoms in total. The minimum absolute atomic E-state index is 0.00377. The number of carbonyl (C=O) groups excluding carboxylic acids is 13. The van der Waals surface area contributed by atoms with Crippen molar-refractivity contribution in [2.45, 2.75) is 107 Å². The summed E-state index contributed by atoms with van der Waals surface area (Å²) in [7, 11) is 0. The standard InChI is InChI=1S/C44H67N11O15S2/c1-44(2,3)72-24-30(43(70)52-29(23-57)42(69)49-25(7-5-6-16-45)38(65)31(58)13-18-54-34(61)8-9-35(54)62)53-39(66)26(15-20-71-4)50-40(67)27(21-46)51-41(68)28(22-56)48-33(60)12-17-47-32(59)14-19-55-36(63)10-11-37(55)64/h8-11,25-30,56-57H,5-7,12-24,45-46H2,1-4H3,(H,47,59)(H,48,60)(H,49,69)(H,50,67)(H,51,68)(H,52,70)(H,53,66)/t25-,26-,27-,28-,29-,30-/m0/s1. The van der Waals surface area contributed by atoms with Gasteiger partial charge in [0.05, 0.1) is 19.3 Å². The highest BCUT2D eigenvalue weighted by atomic mass is 32.2. The smallest absolute Gasteiger partial charge is 0.253 e. The zero-order chi connectivity index (χ0) is 54.1. The third kappa shape index (κ3) is 21.3. The van der Waals surface area contributed by atoms with Gasteiger partial charge in [-0.25, -0.2) is 0 Å². The number of rotatable bonds is 34. The molecular weight excluding hydrogens is 987 g/mol. The van der Waals surface area contributed by atoms with Gasteiger partial charge in [-0.05, 0) is 44.2 Å². The van der Waals surface area contributed by atoms with Crippen LogP contribution in [-0.4, -0.2) is 201 Å². The van der Waals surface area contributed by atoms with Gasteiger partial charge in [0.1, 0.15) is 30.2 Å². The molecular formula is C44H67N11O15S2. The first-order valence-electron chi connectivity index (χ1n) is 23.0. The molecule has 0 bridgehead atoms. The Labute approximate surface area is 424 Å². The predicted molar refractivity (Wildman–Crippen MR) is 262 cm³/mol. The second-order valence-electron chi connectivity index (χ2n) is 17.2. The minimum atomic E-state index is -1.70. The maximum absolute atomic E-state index is 13.9. The van der Waals surface area contributed by atoms with Crippen LogP contribution in [0.15, 0.2) is 24.3 Å². The fourth-order valence-corrected chi connectivity index (χ4v) is 7.85. The number of unbranched alkanes of at least 4 members (excludes halogenated alkanes) is 1. The maximum atomic E-state index is 13.9. The van der Waals surface area contributed by atoms with Crippen molar-refractivity contribution in [2.24, 2.45) is 11.5 Å². The van der Waals surface area contributed by atoms with E-state index in [1.54, 1.807) is 6.26 Å². The molecule has 2 heterocycles. The number of aliphatic hydroxyl groups is 2. The first-order valence-corrected chi connectivity index (χ1v) is 25.3. The highest BCUT2D eigenvalue weighted by molar-refractivity contribution is 8.00. The fraction of sp³-hybridized carbons (Fsp3) is 0.614. The normalized spacial score (nSPS) is 15.8. The number of nitrogens with two attached hydrogens (primary N) is 2. The zero-order valence-corrected chi connectivity index (χ0v) is 42.3. The number of hydrogen-bond donors (Lipinski definition) is 11. The van der Waals surface area contributed by atoms with Crippen LogP contribution < -0.4 is 48.7 Å². The van der Waals surface area contributed by atoms with E-state index in [1.807, 2.05) is 20.8 Å². The number of aliphatic hydroxyl groups excluding tert-OH is 2. The number of amides is 11. The van der Waals surface area contributed by atoms with Crippen LogP contribution in [0.1, 0.15) is 65.7 Å². The Balaban J connectivity index is 2.12. The van der Waals surface area contributed by atoms with E-state index in [4.69, 9.17) is 11.5 Å². The second kappa shape index (κ2) is 31.4. The van der Waals surface area contributed by atoms with E-state index in [9.17, 15) is 72.5 Å². The lowest BCUT2D eigenvalue weighted by atomic mass is 10.00. The molecule has 6 atom stereocenters. The molecule has 0 aliphatic carbocycles. The summed E-state index contributed by atoms with van der Waals surface area (Å²) >= 11 is 2.57. The van der Waals surface area contributed by atoms with Crippen molar-refractivity contribution in [2.75, 3.05) is 63.7 Å². The summed E-state index contributed by atoms with van der Waals surface area (Å²) in [5.74, 6) is -10.4. The van der Waals surface area contributed by atoms with E-state index in [0.29, 0.717) is 12.2 Å². The Morgan fingerprint density at radius 3 is 1.56 bits per heavy atom. The van der Waals surface area contributed by atoms with Gasteiger partial charge in [0.25, 0.3) is 23.6 Å². The van der Waals surface area contributed by atoms with Crippen LogP contribution in [0, 0.1) is 0 Å². The van der Waals surface area contributed by atoms with Crippen molar-refractivity contribution in [1.82, 2.24) is 47.0 Å². The molecule has 0 spiro atoms. The molecule has 400 valence electrons. The molecule has 2 aliphatic heterocycles. The number of Topliss-reactive ketones (excluding diaryl/α,β-unsaturated/α-hetero) is 2. The molecule has 0 saturated carbocycles. The molecule has 11 amide bonds. The molecule has 13 N–H and O–H groups in total. The number of nitrogens with zero attached hydrogens (tertiary/aromatic N) is 2. The Morgan fingerprint density at radius 1 is 0.583 bits per heavy atom. The summed E-state index contributed by atoms with van der Waals surface area (Å²) in [5, 5.41) is 37.1. The third-order valence-electron chi connectivity index (χ3n) is 10.5. The molecule has 0 radical (unpaired) electrons. The van der Waals surface area contributed by atoms with Gasteiger partial charge in [0, 0.05) is 80.2 Å². The fourth-order valence-electron chi connectivity index (χ4n) is 6.48. The van der Waals surface area contributed by atoms with Crippen molar-refractivity contribution in [3.63, 3.8) is 0 Å². The molecule has 2 aliphatic rings. The van der Waals surface area contributed by atoms with Crippen LogP contribution in [0.2, 0.25) is 0 Å². The van der Waals surface area contributed by atoms with E-state index >= 15 is 0 Å². The number of thioether (sulfide) groups is 2. The Hall–Kier alpha value is -6.07. The largest absolute Gasteiger partial charge is 0.394 e. The lowest BCUT2D eigenvalue weighted by molar-refractivity contribution is -0.141. The predicted octanol–water partition coefficient (Wildman–Crippen LogP) is -5.47. The van der Waals surface area contributed by atoms with E-state index in [0.717, 1.165) is 34.1 Å². The molecule has 0 unspecified atom stereocenters. The van der Waals surface area contributed by atoms with Gasteiger partial charge >= 0.3 is 0 Å². The maximum Gasteiger partial charge on any atom is 0.253 e. The first-order chi connectivity index (χ1) is 34.0. The van der Waals surface area contributed by atoms with Crippen LogP contribution in [0.5, 0.6) is 0 Å². The molecule has 0 aromatic heterocycles. The molecule has 0 saturated heterocycles. The van der Waals surface area contributed by atoms with E-state index in [2.05, 4.69) is 37.2 Å². The van der Waals surface area contributed by atoms with Crippen LogP contribution in [0.4, 0.5) is 0 Å². The van der Waals surface area contributed by atoms with Crippen LogP contribution >= 0.6 is 23.5 Å². The van der Waals surface area contributed by atoms with Crippen molar-refractivity contribution >= 4 is 100 Å². The molecule has 28 heteroatoms. The van der Waals surface area contributed by atoms with Gasteiger partial charge in [-0.1, -0.05) is 20.8 Å². The monoisotopic (exact) mass is 1050 g/mol. The van der Waals surface area contributed by atoms with Gasteiger partial charge in [0.2, 0.25) is 52.9 Å². The molecule has 2 rings (SSSR count). The number of carbonyl (C=O) groups is 13.